The lowest BCUT2D eigenvalue weighted by molar-refractivity contribution is -0.384. The van der Waals surface area contributed by atoms with E-state index in [2.05, 4.69) is 5.32 Å². The van der Waals surface area contributed by atoms with Gasteiger partial charge in [0, 0.05) is 38.3 Å². The molecule has 27 heavy (non-hydrogen) atoms. The van der Waals surface area contributed by atoms with Gasteiger partial charge in [0.1, 0.15) is 5.69 Å². The highest BCUT2D eigenvalue weighted by atomic mass is 35.5. The van der Waals surface area contributed by atoms with Crippen LogP contribution in [0.15, 0.2) is 12.1 Å². The van der Waals surface area contributed by atoms with Crippen LogP contribution in [0.3, 0.4) is 0 Å². The predicted octanol–water partition coefficient (Wildman–Crippen LogP) is 2.91. The Labute approximate surface area is 159 Å². The summed E-state index contributed by atoms with van der Waals surface area (Å²) in [5, 5.41) is 13.5. The summed E-state index contributed by atoms with van der Waals surface area (Å²) >= 11 is 5.72. The van der Waals surface area contributed by atoms with Gasteiger partial charge in [0.05, 0.1) is 22.1 Å². The number of carbonyl (C=O) groups is 1. The number of carbonyl (C=O) groups excluding carboxylic acids is 1. The first kappa shape index (κ1) is 21.2. The molecule has 1 aromatic rings. The fourth-order valence-electron chi connectivity index (χ4n) is 2.89. The first-order valence-electron chi connectivity index (χ1n) is 8.31. The van der Waals surface area contributed by atoms with E-state index in [1.54, 1.807) is 4.90 Å². The second-order valence-electron chi connectivity index (χ2n) is 6.56. The number of halogens is 4. The highest BCUT2D eigenvalue weighted by Gasteiger charge is 2.37. The molecule has 1 amide bonds. The van der Waals surface area contributed by atoms with Gasteiger partial charge < -0.3 is 10.2 Å². The number of nitro benzene ring substituents is 1. The van der Waals surface area contributed by atoms with Crippen molar-refractivity contribution in [1.82, 2.24) is 10.2 Å². The van der Waals surface area contributed by atoms with Gasteiger partial charge in [-0.25, -0.2) is 0 Å². The monoisotopic (exact) mass is 408 g/mol. The van der Waals surface area contributed by atoms with E-state index < -0.39 is 27.4 Å². The van der Waals surface area contributed by atoms with Crippen molar-refractivity contribution in [3.63, 3.8) is 0 Å². The number of alkyl halides is 3. The lowest BCUT2D eigenvalue weighted by Gasteiger charge is -2.35. The van der Waals surface area contributed by atoms with E-state index >= 15 is 0 Å². The van der Waals surface area contributed by atoms with Crippen LogP contribution >= 0.6 is 11.6 Å². The number of nitrogens with zero attached hydrogens (tertiary/aromatic N) is 3. The molecule has 1 aromatic carbocycles. The van der Waals surface area contributed by atoms with Gasteiger partial charge in [0.2, 0.25) is 5.91 Å². The van der Waals surface area contributed by atoms with Crippen molar-refractivity contribution in [2.24, 2.45) is 0 Å². The summed E-state index contributed by atoms with van der Waals surface area (Å²) in [6.07, 6.45) is -4.77. The average molecular weight is 409 g/mol. The molecular weight excluding hydrogens is 389 g/mol. The number of nitro groups is 1. The number of hydrogen-bond donors (Lipinski definition) is 1. The fraction of sp³-hybridized carbons (Fsp3) is 0.562. The van der Waals surface area contributed by atoms with E-state index in [1.807, 2.05) is 18.7 Å². The van der Waals surface area contributed by atoms with Gasteiger partial charge in [-0.05, 0) is 19.9 Å². The quantitative estimate of drug-likeness (QED) is 0.598. The minimum Gasteiger partial charge on any atom is -0.363 e. The Bertz CT molecular complexity index is 720. The van der Waals surface area contributed by atoms with Crippen molar-refractivity contribution in [2.75, 3.05) is 37.6 Å². The van der Waals surface area contributed by atoms with Crippen LogP contribution in [-0.4, -0.2) is 54.5 Å². The lowest BCUT2D eigenvalue weighted by atomic mass is 10.1. The summed E-state index contributed by atoms with van der Waals surface area (Å²) in [7, 11) is 0. The number of amides is 1. The van der Waals surface area contributed by atoms with Crippen molar-refractivity contribution < 1.29 is 22.9 Å². The van der Waals surface area contributed by atoms with Gasteiger partial charge >= 0.3 is 6.18 Å². The number of rotatable bonds is 5. The highest BCUT2D eigenvalue weighted by Crippen LogP contribution is 2.41. The minimum atomic E-state index is -4.77. The maximum absolute atomic E-state index is 13.0. The van der Waals surface area contributed by atoms with Gasteiger partial charge in [-0.2, -0.15) is 13.2 Å². The molecule has 11 heteroatoms. The van der Waals surface area contributed by atoms with Crippen LogP contribution in [-0.2, 0) is 11.0 Å². The molecule has 0 aromatic heterocycles. The maximum atomic E-state index is 13.0. The Morgan fingerprint density at radius 3 is 2.37 bits per heavy atom. The topological polar surface area (TPSA) is 78.7 Å². The smallest absolute Gasteiger partial charge is 0.363 e. The Kier molecular flexibility index (Phi) is 6.53. The second kappa shape index (κ2) is 8.30. The van der Waals surface area contributed by atoms with Crippen molar-refractivity contribution in [3.05, 3.63) is 32.8 Å². The average Bonchev–Trinajstić information content (AvgIpc) is 2.53. The molecule has 1 N–H and O–H groups in total. The molecule has 0 unspecified atom stereocenters. The molecule has 1 fully saturated rings. The second-order valence-corrected chi connectivity index (χ2v) is 6.97. The summed E-state index contributed by atoms with van der Waals surface area (Å²) < 4.78 is 38.9. The maximum Gasteiger partial charge on any atom is 0.418 e. The fourth-order valence-corrected chi connectivity index (χ4v) is 3.15. The van der Waals surface area contributed by atoms with Gasteiger partial charge in [-0.3, -0.25) is 19.8 Å². The van der Waals surface area contributed by atoms with E-state index in [-0.39, 0.29) is 24.2 Å². The summed E-state index contributed by atoms with van der Waals surface area (Å²) in [4.78, 5) is 25.7. The number of hydrogen-bond acceptors (Lipinski definition) is 5. The zero-order valence-electron chi connectivity index (χ0n) is 14.8. The van der Waals surface area contributed by atoms with Crippen LogP contribution in [0.25, 0.3) is 0 Å². The summed E-state index contributed by atoms with van der Waals surface area (Å²) in [5.74, 6) is -0.123. The molecular formula is C16H20ClF3N4O3. The van der Waals surface area contributed by atoms with Gasteiger partial charge in [0.25, 0.3) is 5.69 Å². The Hall–Kier alpha value is -2.07. The third kappa shape index (κ3) is 5.46. The first-order valence-corrected chi connectivity index (χ1v) is 8.68. The minimum absolute atomic E-state index is 0.0238. The van der Waals surface area contributed by atoms with Crippen LogP contribution in [0.5, 0.6) is 0 Å². The molecule has 0 aliphatic carbocycles. The number of benzene rings is 1. The van der Waals surface area contributed by atoms with E-state index in [1.165, 1.54) is 0 Å². The van der Waals surface area contributed by atoms with Crippen molar-refractivity contribution >= 4 is 28.9 Å². The van der Waals surface area contributed by atoms with Crippen LogP contribution in [0.1, 0.15) is 19.4 Å². The molecule has 0 saturated carbocycles. The zero-order chi connectivity index (χ0) is 20.4. The van der Waals surface area contributed by atoms with Gasteiger partial charge in [0.15, 0.2) is 0 Å². The molecule has 0 bridgehead atoms. The SMILES string of the molecule is CC(C)NC(=O)CN1CCN(c2cc(Cl)c(C(F)(F)F)cc2[N+](=O)[O-])CC1. The largest absolute Gasteiger partial charge is 0.418 e. The van der Waals surface area contributed by atoms with Crippen molar-refractivity contribution in [3.8, 4) is 0 Å². The zero-order valence-corrected chi connectivity index (χ0v) is 15.6. The lowest BCUT2D eigenvalue weighted by Crippen LogP contribution is -2.50. The third-order valence-corrected chi connectivity index (χ3v) is 4.41. The number of piperazine rings is 1. The van der Waals surface area contributed by atoms with Crippen LogP contribution < -0.4 is 10.2 Å². The van der Waals surface area contributed by atoms with E-state index in [0.717, 1.165) is 6.07 Å². The molecule has 1 aliphatic heterocycles. The summed E-state index contributed by atoms with van der Waals surface area (Å²) in [6, 6.07) is 1.49. The van der Waals surface area contributed by atoms with E-state index in [9.17, 15) is 28.1 Å². The Morgan fingerprint density at radius 2 is 1.89 bits per heavy atom. The molecule has 0 atom stereocenters. The molecule has 0 spiro atoms. The predicted molar refractivity (Wildman–Crippen MR) is 95.0 cm³/mol. The Balaban J connectivity index is 2.14. The molecule has 0 radical (unpaired) electrons. The Morgan fingerprint density at radius 1 is 1.30 bits per heavy atom. The first-order chi connectivity index (χ1) is 12.5. The van der Waals surface area contributed by atoms with Gasteiger partial charge in [-0.15, -0.1) is 0 Å². The number of nitrogens with one attached hydrogen (secondary N) is 1. The molecule has 150 valence electrons. The molecule has 1 aliphatic rings. The third-order valence-electron chi connectivity index (χ3n) is 4.10. The van der Waals surface area contributed by atoms with Crippen molar-refractivity contribution in [2.45, 2.75) is 26.1 Å². The molecule has 2 rings (SSSR count). The normalized spacial score (nSPS) is 15.9. The van der Waals surface area contributed by atoms with Crippen LogP contribution in [0, 0.1) is 10.1 Å². The standard InChI is InChI=1S/C16H20ClF3N4O3/c1-10(2)21-15(25)9-22-3-5-23(6-4-22)13-8-12(17)11(16(18,19)20)7-14(13)24(26)27/h7-8,10H,3-6,9H2,1-2H3,(H,21,25). The van der Waals surface area contributed by atoms with Gasteiger partial charge in [-0.1, -0.05) is 11.6 Å². The molecule has 7 nitrogen and oxygen atoms in total. The summed E-state index contributed by atoms with van der Waals surface area (Å²) in [6.45, 7) is 5.45. The van der Waals surface area contributed by atoms with Crippen LogP contribution in [0.2, 0.25) is 5.02 Å². The van der Waals surface area contributed by atoms with Crippen LogP contribution in [0.4, 0.5) is 24.5 Å². The van der Waals surface area contributed by atoms with Crippen molar-refractivity contribution in [1.29, 1.82) is 0 Å². The molecule has 1 heterocycles. The van der Waals surface area contributed by atoms with E-state index in [0.29, 0.717) is 32.2 Å². The molecule has 1 saturated heterocycles. The summed E-state index contributed by atoms with van der Waals surface area (Å²) in [5.41, 5.74) is -1.83. The number of anilines is 1. The van der Waals surface area contributed by atoms with E-state index in [4.69, 9.17) is 11.6 Å². The highest BCUT2D eigenvalue weighted by molar-refractivity contribution is 6.31.